The van der Waals surface area contributed by atoms with Gasteiger partial charge >= 0.3 is 5.97 Å². The van der Waals surface area contributed by atoms with Crippen molar-refractivity contribution < 1.29 is 23.5 Å². The van der Waals surface area contributed by atoms with E-state index in [1.165, 1.54) is 0 Å². The number of carbonyl (C=O) groups excluding carboxylic acids is 3. The van der Waals surface area contributed by atoms with E-state index < -0.39 is 17.2 Å². The zero-order valence-electron chi connectivity index (χ0n) is 19.0. The molecule has 0 radical (unpaired) electrons. The van der Waals surface area contributed by atoms with Crippen LogP contribution in [0.5, 0.6) is 0 Å². The number of Topliss-reactive ketones (excluding diaryl/α,β-unsaturated/α-hetero) is 1. The highest BCUT2D eigenvalue weighted by molar-refractivity contribution is 6.29. The van der Waals surface area contributed by atoms with E-state index in [-0.39, 0.29) is 58.9 Å². The number of carbonyl (C=O) groups is 3. The van der Waals surface area contributed by atoms with E-state index in [4.69, 9.17) is 16.3 Å². The van der Waals surface area contributed by atoms with Gasteiger partial charge in [-0.3, -0.25) is 14.4 Å². The maximum Gasteiger partial charge on any atom is 0.306 e. The molecule has 172 valence electrons. The molecule has 4 aliphatic carbocycles. The predicted octanol–water partition coefficient (Wildman–Crippen LogP) is 5.21. The van der Waals surface area contributed by atoms with Crippen LogP contribution in [0.15, 0.2) is 11.6 Å². The van der Waals surface area contributed by atoms with Crippen LogP contribution in [0.1, 0.15) is 72.6 Å². The highest BCUT2D eigenvalue weighted by Crippen LogP contribution is 2.69. The third kappa shape index (κ3) is 3.01. The molecule has 3 fully saturated rings. The number of hydrogen-bond acceptors (Lipinski definition) is 4. The number of ketones is 2. The van der Waals surface area contributed by atoms with Gasteiger partial charge in [0.25, 0.3) is 0 Å². The molecule has 31 heavy (non-hydrogen) atoms. The number of fused-ring (bicyclic) bond motifs is 5. The van der Waals surface area contributed by atoms with Crippen LogP contribution in [0.3, 0.4) is 0 Å². The predicted molar refractivity (Wildman–Crippen MR) is 116 cm³/mol. The molecule has 0 aliphatic heterocycles. The maximum absolute atomic E-state index is 15.5. The van der Waals surface area contributed by atoms with Crippen LogP contribution in [0.4, 0.5) is 4.39 Å². The minimum atomic E-state index is -1.25. The fourth-order valence-corrected chi connectivity index (χ4v) is 8.30. The topological polar surface area (TPSA) is 60.4 Å². The van der Waals surface area contributed by atoms with Crippen LogP contribution in [0.2, 0.25) is 0 Å². The molecule has 0 N–H and O–H groups in total. The summed E-state index contributed by atoms with van der Waals surface area (Å²) in [6.45, 7) is 7.90. The first-order valence-electron chi connectivity index (χ1n) is 11.7. The standard InChI is InChI=1S/C25H34ClFO4/c1-5-22(30)31-25(21(29)13-26)14(2)10-18-16-12-20(27)19-11-15(28)6-8-23(19,3)17(16)7-9-24(18,25)4/h11,14,16-18,20H,5-10,12-13H2,1-4H3/t14?,16-,17+,18+,20?,23-,24+,25+/m1/s1. The number of rotatable bonds is 4. The molecule has 3 saturated carbocycles. The van der Waals surface area contributed by atoms with Gasteiger partial charge < -0.3 is 4.74 Å². The molecular weight excluding hydrogens is 419 g/mol. The first-order chi connectivity index (χ1) is 14.5. The number of alkyl halides is 2. The second-order valence-electron chi connectivity index (χ2n) is 10.8. The lowest BCUT2D eigenvalue weighted by Gasteiger charge is -2.59. The molecule has 4 rings (SSSR count). The summed E-state index contributed by atoms with van der Waals surface area (Å²) in [6, 6.07) is 0. The Morgan fingerprint density at radius 1 is 1.23 bits per heavy atom. The fraction of sp³-hybridized carbons (Fsp3) is 0.800. The average molecular weight is 453 g/mol. The smallest absolute Gasteiger partial charge is 0.306 e. The average Bonchev–Trinajstić information content (AvgIpc) is 2.96. The lowest BCUT2D eigenvalue weighted by Crippen LogP contribution is -2.61. The van der Waals surface area contributed by atoms with Crippen LogP contribution in [0, 0.1) is 34.5 Å². The first-order valence-corrected chi connectivity index (χ1v) is 12.3. The van der Waals surface area contributed by atoms with Gasteiger partial charge in [0, 0.05) is 24.2 Å². The molecule has 6 heteroatoms. The Hall–Kier alpha value is -1.23. The Kier molecular flexibility index (Phi) is 5.68. The van der Waals surface area contributed by atoms with Crippen molar-refractivity contribution in [2.75, 3.05) is 5.88 Å². The van der Waals surface area contributed by atoms with Crippen molar-refractivity contribution in [2.24, 2.45) is 34.5 Å². The molecule has 2 unspecified atom stereocenters. The molecule has 0 aromatic rings. The van der Waals surface area contributed by atoms with E-state index in [2.05, 4.69) is 13.8 Å². The molecule has 4 aliphatic rings. The summed E-state index contributed by atoms with van der Waals surface area (Å²) in [5, 5.41) is 0. The van der Waals surface area contributed by atoms with Crippen molar-refractivity contribution in [1.82, 2.24) is 0 Å². The van der Waals surface area contributed by atoms with Crippen molar-refractivity contribution in [2.45, 2.75) is 84.4 Å². The van der Waals surface area contributed by atoms with Crippen LogP contribution in [-0.2, 0) is 19.1 Å². The minimum Gasteiger partial charge on any atom is -0.450 e. The van der Waals surface area contributed by atoms with Gasteiger partial charge in [0.2, 0.25) is 0 Å². The largest absolute Gasteiger partial charge is 0.450 e. The molecule has 0 spiro atoms. The molecule has 8 atom stereocenters. The van der Waals surface area contributed by atoms with Crippen LogP contribution in [0.25, 0.3) is 0 Å². The Morgan fingerprint density at radius 2 is 1.94 bits per heavy atom. The van der Waals surface area contributed by atoms with Crippen molar-refractivity contribution in [3.63, 3.8) is 0 Å². The van der Waals surface area contributed by atoms with E-state index in [9.17, 15) is 14.4 Å². The van der Waals surface area contributed by atoms with Crippen molar-refractivity contribution in [3.8, 4) is 0 Å². The van der Waals surface area contributed by atoms with Gasteiger partial charge in [-0.25, -0.2) is 4.39 Å². The van der Waals surface area contributed by atoms with Crippen molar-refractivity contribution in [3.05, 3.63) is 11.6 Å². The number of hydrogen-bond donors (Lipinski definition) is 0. The summed E-state index contributed by atoms with van der Waals surface area (Å²) in [7, 11) is 0. The van der Waals surface area contributed by atoms with Crippen molar-refractivity contribution in [1.29, 1.82) is 0 Å². The van der Waals surface area contributed by atoms with Gasteiger partial charge in [-0.2, -0.15) is 0 Å². The van der Waals surface area contributed by atoms with Crippen LogP contribution < -0.4 is 0 Å². The van der Waals surface area contributed by atoms with Gasteiger partial charge in [-0.1, -0.05) is 27.7 Å². The quantitative estimate of drug-likeness (QED) is 0.433. The second kappa shape index (κ2) is 7.67. The van der Waals surface area contributed by atoms with Gasteiger partial charge in [-0.05, 0) is 66.9 Å². The van der Waals surface area contributed by atoms with E-state index >= 15 is 4.39 Å². The van der Waals surface area contributed by atoms with E-state index in [1.807, 2.05) is 6.92 Å². The SMILES string of the molecule is CCC(=O)O[C@]1(C(=O)CCl)C(C)C[C@H]2[C@@H]3CC(F)C4=CC(=O)CC[C@]4(C)[C@H]3CC[C@@]21C. The van der Waals surface area contributed by atoms with E-state index in [0.717, 1.165) is 19.3 Å². The van der Waals surface area contributed by atoms with E-state index in [0.29, 0.717) is 24.8 Å². The Morgan fingerprint density at radius 3 is 2.58 bits per heavy atom. The zero-order valence-corrected chi connectivity index (χ0v) is 19.8. The maximum atomic E-state index is 15.5. The number of ether oxygens (including phenoxy) is 1. The van der Waals surface area contributed by atoms with Crippen LogP contribution >= 0.6 is 11.6 Å². The lowest BCUT2D eigenvalue weighted by atomic mass is 9.46. The molecular formula is C25H34ClFO4. The van der Waals surface area contributed by atoms with Gasteiger partial charge in [-0.15, -0.1) is 11.6 Å². The Bertz CT molecular complexity index is 839. The molecule has 0 amide bonds. The summed E-state index contributed by atoms with van der Waals surface area (Å²) in [5.41, 5.74) is -1.45. The molecule has 0 saturated heterocycles. The summed E-state index contributed by atoms with van der Waals surface area (Å²) in [5.74, 6) is -0.507. The number of esters is 1. The Labute approximate surface area is 189 Å². The highest BCUT2D eigenvalue weighted by atomic mass is 35.5. The summed E-state index contributed by atoms with van der Waals surface area (Å²) < 4.78 is 21.5. The molecule has 0 aromatic heterocycles. The van der Waals surface area contributed by atoms with Crippen LogP contribution in [-0.4, -0.2) is 35.2 Å². The summed E-state index contributed by atoms with van der Waals surface area (Å²) in [6.07, 6.45) is 4.45. The Balaban J connectivity index is 1.77. The summed E-state index contributed by atoms with van der Waals surface area (Å²) in [4.78, 5) is 37.7. The lowest BCUT2D eigenvalue weighted by molar-refractivity contribution is -0.194. The second-order valence-corrected chi connectivity index (χ2v) is 11.0. The molecule has 4 nitrogen and oxygen atoms in total. The normalized spacial score (nSPS) is 46.5. The molecule has 0 heterocycles. The third-order valence-electron chi connectivity index (χ3n) is 9.58. The van der Waals surface area contributed by atoms with Gasteiger partial charge in [0.05, 0.1) is 5.88 Å². The van der Waals surface area contributed by atoms with Gasteiger partial charge in [0.1, 0.15) is 6.17 Å². The van der Waals surface area contributed by atoms with Crippen molar-refractivity contribution >= 4 is 29.1 Å². The molecule has 0 bridgehead atoms. The monoisotopic (exact) mass is 452 g/mol. The third-order valence-corrected chi connectivity index (χ3v) is 9.82. The fourth-order valence-electron chi connectivity index (χ4n) is 8.10. The first kappa shape index (κ1) is 22.9. The number of allylic oxidation sites excluding steroid dienone is 1. The number of halogens is 2. The van der Waals surface area contributed by atoms with E-state index in [1.54, 1.807) is 13.0 Å². The summed E-state index contributed by atoms with van der Waals surface area (Å²) >= 11 is 6.05. The minimum absolute atomic E-state index is 0.0296. The van der Waals surface area contributed by atoms with Gasteiger partial charge in [0.15, 0.2) is 17.2 Å². The zero-order chi connectivity index (χ0) is 22.8. The molecule has 0 aromatic carbocycles. The highest BCUT2D eigenvalue weighted by Gasteiger charge is 2.71.